The van der Waals surface area contributed by atoms with Crippen molar-refractivity contribution in [3.63, 3.8) is 0 Å². The standard InChI is InChI=1S/C20H28O/c1-5-6-14-10-15-12-20(3,4)17-8-7-13(2)9-16(17)19(15)18(21)11-14/h9-11,16-17,21H,5-8,12H2,1-4H3/t16-,17-/m1/s1. The number of hydrogen-bond acceptors (Lipinski definition) is 1. The van der Waals surface area contributed by atoms with Crippen LogP contribution in [0.2, 0.25) is 0 Å². The third-order valence-electron chi connectivity index (χ3n) is 5.57. The number of aromatic hydroxyl groups is 1. The Morgan fingerprint density at radius 1 is 1.29 bits per heavy atom. The molecule has 0 heterocycles. The van der Waals surface area contributed by atoms with E-state index < -0.39 is 0 Å². The maximum Gasteiger partial charge on any atom is 0.119 e. The highest BCUT2D eigenvalue weighted by atomic mass is 16.3. The fraction of sp³-hybridized carbons (Fsp3) is 0.600. The molecular weight excluding hydrogens is 256 g/mol. The van der Waals surface area contributed by atoms with Crippen LogP contribution in [0.4, 0.5) is 0 Å². The van der Waals surface area contributed by atoms with Crippen molar-refractivity contribution in [2.75, 3.05) is 0 Å². The third-order valence-corrected chi connectivity index (χ3v) is 5.57. The van der Waals surface area contributed by atoms with E-state index in [2.05, 4.69) is 39.8 Å². The molecule has 0 saturated heterocycles. The first kappa shape index (κ1) is 14.7. The fourth-order valence-corrected chi connectivity index (χ4v) is 4.58. The average Bonchev–Trinajstić information content (AvgIpc) is 2.37. The van der Waals surface area contributed by atoms with E-state index in [-0.39, 0.29) is 0 Å². The molecule has 1 aromatic carbocycles. The molecule has 2 aliphatic rings. The van der Waals surface area contributed by atoms with Crippen LogP contribution in [0.15, 0.2) is 23.8 Å². The van der Waals surface area contributed by atoms with Crippen molar-refractivity contribution < 1.29 is 5.11 Å². The number of aryl methyl sites for hydroxylation is 1. The van der Waals surface area contributed by atoms with Crippen LogP contribution < -0.4 is 0 Å². The number of fused-ring (bicyclic) bond motifs is 3. The Labute approximate surface area is 129 Å². The zero-order valence-corrected chi connectivity index (χ0v) is 13.9. The zero-order chi connectivity index (χ0) is 15.2. The maximum absolute atomic E-state index is 10.6. The van der Waals surface area contributed by atoms with Gasteiger partial charge >= 0.3 is 0 Å². The van der Waals surface area contributed by atoms with Crippen LogP contribution in [-0.2, 0) is 12.8 Å². The van der Waals surface area contributed by atoms with Gasteiger partial charge in [-0.05, 0) is 61.1 Å². The van der Waals surface area contributed by atoms with E-state index in [1.165, 1.54) is 35.1 Å². The van der Waals surface area contributed by atoms with Crippen molar-refractivity contribution in [1.82, 2.24) is 0 Å². The lowest BCUT2D eigenvalue weighted by Gasteiger charge is -2.47. The van der Waals surface area contributed by atoms with E-state index in [0.29, 0.717) is 23.0 Å². The Kier molecular flexibility index (Phi) is 3.63. The number of rotatable bonds is 2. The summed E-state index contributed by atoms with van der Waals surface area (Å²) in [5, 5.41) is 10.6. The molecule has 1 heteroatoms. The van der Waals surface area contributed by atoms with Crippen molar-refractivity contribution in [3.05, 3.63) is 40.5 Å². The summed E-state index contributed by atoms with van der Waals surface area (Å²) in [6.07, 6.45) is 8.19. The maximum atomic E-state index is 10.6. The Morgan fingerprint density at radius 2 is 2.05 bits per heavy atom. The molecule has 21 heavy (non-hydrogen) atoms. The van der Waals surface area contributed by atoms with Gasteiger partial charge in [-0.3, -0.25) is 0 Å². The predicted molar refractivity (Wildman–Crippen MR) is 88.8 cm³/mol. The molecule has 0 unspecified atom stereocenters. The van der Waals surface area contributed by atoms with Gasteiger partial charge in [0.05, 0.1) is 0 Å². The predicted octanol–water partition coefficient (Wildman–Crippen LogP) is 5.37. The van der Waals surface area contributed by atoms with Crippen LogP contribution in [0.5, 0.6) is 5.75 Å². The molecule has 1 nitrogen and oxygen atoms in total. The van der Waals surface area contributed by atoms with Crippen molar-refractivity contribution >= 4 is 0 Å². The lowest BCUT2D eigenvalue weighted by Crippen LogP contribution is -2.37. The quantitative estimate of drug-likeness (QED) is 0.724. The Morgan fingerprint density at radius 3 is 2.76 bits per heavy atom. The van der Waals surface area contributed by atoms with Gasteiger partial charge in [-0.2, -0.15) is 0 Å². The van der Waals surface area contributed by atoms with Crippen LogP contribution in [0.1, 0.15) is 69.6 Å². The Bertz CT molecular complexity index is 580. The van der Waals surface area contributed by atoms with E-state index in [4.69, 9.17) is 0 Å². The van der Waals surface area contributed by atoms with E-state index in [1.807, 2.05) is 6.07 Å². The summed E-state index contributed by atoms with van der Waals surface area (Å²) in [4.78, 5) is 0. The highest BCUT2D eigenvalue weighted by molar-refractivity contribution is 5.50. The number of phenolic OH excluding ortho intramolecular Hbond substituents is 1. The highest BCUT2D eigenvalue weighted by Gasteiger charge is 2.43. The SMILES string of the molecule is CCCc1cc(O)c2c(c1)CC(C)(C)[C@@H]1CCC(C)=C[C@@H]21. The van der Waals surface area contributed by atoms with E-state index in [9.17, 15) is 5.11 Å². The average molecular weight is 284 g/mol. The minimum absolute atomic E-state index is 0.326. The molecule has 2 aliphatic carbocycles. The van der Waals surface area contributed by atoms with Crippen LogP contribution in [0.25, 0.3) is 0 Å². The molecule has 2 atom stereocenters. The molecule has 0 aliphatic heterocycles. The first-order valence-corrected chi connectivity index (χ1v) is 8.44. The molecule has 114 valence electrons. The topological polar surface area (TPSA) is 20.2 Å². The van der Waals surface area contributed by atoms with Crippen LogP contribution in [-0.4, -0.2) is 5.11 Å². The number of allylic oxidation sites excluding steroid dienone is 2. The lowest BCUT2D eigenvalue weighted by molar-refractivity contribution is 0.155. The summed E-state index contributed by atoms with van der Waals surface area (Å²) in [7, 11) is 0. The third kappa shape index (κ3) is 2.52. The van der Waals surface area contributed by atoms with Crippen LogP contribution in [0.3, 0.4) is 0 Å². The van der Waals surface area contributed by atoms with Crippen LogP contribution >= 0.6 is 0 Å². The molecule has 3 rings (SSSR count). The van der Waals surface area contributed by atoms with Gasteiger partial charge in [-0.1, -0.05) is 44.9 Å². The van der Waals surface area contributed by atoms with Gasteiger partial charge in [0.25, 0.3) is 0 Å². The van der Waals surface area contributed by atoms with Crippen molar-refractivity contribution in [2.45, 2.75) is 65.7 Å². The zero-order valence-electron chi connectivity index (χ0n) is 13.9. The van der Waals surface area contributed by atoms with Gasteiger partial charge in [-0.15, -0.1) is 0 Å². The van der Waals surface area contributed by atoms with Crippen molar-refractivity contribution in [2.24, 2.45) is 11.3 Å². The summed E-state index contributed by atoms with van der Waals surface area (Å²) >= 11 is 0. The summed E-state index contributed by atoms with van der Waals surface area (Å²) < 4.78 is 0. The Hall–Kier alpha value is -1.24. The second-order valence-electron chi connectivity index (χ2n) is 7.79. The molecule has 0 bridgehead atoms. The molecule has 0 amide bonds. The molecule has 1 N–H and O–H groups in total. The summed E-state index contributed by atoms with van der Waals surface area (Å²) in [6, 6.07) is 4.36. The minimum atomic E-state index is 0.326. The van der Waals surface area contributed by atoms with Crippen LogP contribution in [0, 0.1) is 11.3 Å². The molecule has 0 radical (unpaired) electrons. The largest absolute Gasteiger partial charge is 0.508 e. The second kappa shape index (κ2) is 5.19. The van der Waals surface area contributed by atoms with E-state index >= 15 is 0 Å². The Balaban J connectivity index is 2.13. The normalized spacial score (nSPS) is 26.8. The smallest absolute Gasteiger partial charge is 0.119 e. The van der Waals surface area contributed by atoms with Gasteiger partial charge in [0.1, 0.15) is 5.75 Å². The molecule has 1 aromatic rings. The molecule has 0 fully saturated rings. The van der Waals surface area contributed by atoms with Gasteiger partial charge in [0.2, 0.25) is 0 Å². The number of hydrogen-bond donors (Lipinski definition) is 1. The van der Waals surface area contributed by atoms with Gasteiger partial charge < -0.3 is 5.11 Å². The number of phenols is 1. The molecular formula is C20H28O. The minimum Gasteiger partial charge on any atom is -0.508 e. The van der Waals surface area contributed by atoms with E-state index in [1.54, 1.807) is 0 Å². The van der Waals surface area contributed by atoms with Crippen molar-refractivity contribution in [1.29, 1.82) is 0 Å². The molecule has 0 saturated carbocycles. The molecule has 0 spiro atoms. The summed E-state index contributed by atoms with van der Waals surface area (Å²) in [5.74, 6) is 1.61. The van der Waals surface area contributed by atoms with Crippen molar-refractivity contribution in [3.8, 4) is 5.75 Å². The second-order valence-corrected chi connectivity index (χ2v) is 7.79. The van der Waals surface area contributed by atoms with Gasteiger partial charge in [0, 0.05) is 11.5 Å². The lowest BCUT2D eigenvalue weighted by atomic mass is 9.58. The fourth-order valence-electron chi connectivity index (χ4n) is 4.58. The van der Waals surface area contributed by atoms with E-state index in [0.717, 1.165) is 19.3 Å². The monoisotopic (exact) mass is 284 g/mol. The summed E-state index contributed by atoms with van der Waals surface area (Å²) in [6.45, 7) is 9.25. The first-order chi connectivity index (χ1) is 9.92. The van der Waals surface area contributed by atoms with Gasteiger partial charge in [-0.25, -0.2) is 0 Å². The molecule has 0 aromatic heterocycles. The highest BCUT2D eigenvalue weighted by Crippen LogP contribution is 2.54. The summed E-state index contributed by atoms with van der Waals surface area (Å²) in [5.41, 5.74) is 5.71. The number of benzene rings is 1. The first-order valence-electron chi connectivity index (χ1n) is 8.44. The van der Waals surface area contributed by atoms with Gasteiger partial charge in [0.15, 0.2) is 0 Å².